The summed E-state index contributed by atoms with van der Waals surface area (Å²) in [4.78, 5) is 11.9. The molecule has 0 unspecified atom stereocenters. The van der Waals surface area contributed by atoms with Crippen molar-refractivity contribution in [2.75, 3.05) is 11.1 Å². The van der Waals surface area contributed by atoms with Crippen LogP contribution in [0.2, 0.25) is 0 Å². The van der Waals surface area contributed by atoms with E-state index in [1.807, 2.05) is 48.5 Å². The van der Waals surface area contributed by atoms with Crippen LogP contribution in [-0.2, 0) is 4.79 Å². The zero-order chi connectivity index (χ0) is 16.6. The Hall–Kier alpha value is -2.86. The Morgan fingerprint density at radius 2 is 1.75 bits per heavy atom. The molecule has 0 aliphatic heterocycles. The molecule has 0 radical (unpaired) electrons. The van der Waals surface area contributed by atoms with E-state index in [2.05, 4.69) is 38.9 Å². The summed E-state index contributed by atoms with van der Waals surface area (Å²) >= 11 is 1.34. The lowest BCUT2D eigenvalue weighted by molar-refractivity contribution is -0.113. The molecule has 1 heterocycles. The van der Waals surface area contributed by atoms with E-state index in [0.29, 0.717) is 10.8 Å². The van der Waals surface area contributed by atoms with Crippen molar-refractivity contribution < 1.29 is 4.79 Å². The number of hydrogen-bond donors (Lipinski definition) is 2. The van der Waals surface area contributed by atoms with Gasteiger partial charge in [-0.3, -0.25) is 4.79 Å². The highest BCUT2D eigenvalue weighted by Gasteiger charge is 2.05. The quantitative estimate of drug-likeness (QED) is 0.532. The highest BCUT2D eigenvalue weighted by atomic mass is 32.2. The fraction of sp³-hybridized carbons (Fsp3) is 0.0556. The molecule has 0 fully saturated rings. The van der Waals surface area contributed by atoms with Gasteiger partial charge in [0, 0.05) is 5.69 Å². The molecule has 2 N–H and O–H groups in total. The fourth-order valence-electron chi connectivity index (χ4n) is 2.03. The first kappa shape index (κ1) is 16.0. The number of anilines is 1. The number of aromatic amines is 1. The van der Waals surface area contributed by atoms with Gasteiger partial charge in [-0.05, 0) is 23.3 Å². The van der Waals surface area contributed by atoms with Crippen LogP contribution < -0.4 is 5.32 Å². The van der Waals surface area contributed by atoms with Gasteiger partial charge in [-0.25, -0.2) is 0 Å². The number of amides is 1. The van der Waals surface area contributed by atoms with Gasteiger partial charge >= 0.3 is 0 Å². The molecule has 0 bridgehead atoms. The van der Waals surface area contributed by atoms with Crippen LogP contribution in [0.1, 0.15) is 11.1 Å². The Labute approximate surface area is 144 Å². The van der Waals surface area contributed by atoms with Gasteiger partial charge in [0.05, 0.1) is 11.9 Å². The third-order valence-corrected chi connectivity index (χ3v) is 4.11. The summed E-state index contributed by atoms with van der Waals surface area (Å²) in [6.45, 7) is 0. The van der Waals surface area contributed by atoms with Crippen molar-refractivity contribution in [3.05, 3.63) is 71.9 Å². The third kappa shape index (κ3) is 4.82. The summed E-state index contributed by atoms with van der Waals surface area (Å²) < 4.78 is 0. The van der Waals surface area contributed by atoms with Crippen molar-refractivity contribution in [2.24, 2.45) is 0 Å². The lowest BCUT2D eigenvalue weighted by atomic mass is 10.1. The Morgan fingerprint density at radius 3 is 2.42 bits per heavy atom. The van der Waals surface area contributed by atoms with Crippen molar-refractivity contribution in [3.8, 4) is 0 Å². The summed E-state index contributed by atoms with van der Waals surface area (Å²) in [6, 6.07) is 17.8. The molecule has 1 aromatic heterocycles. The van der Waals surface area contributed by atoms with Crippen LogP contribution in [0.5, 0.6) is 0 Å². The van der Waals surface area contributed by atoms with E-state index < -0.39 is 0 Å². The number of nitrogens with zero attached hydrogens (tertiary/aromatic N) is 2. The Bertz CT molecular complexity index is 799. The van der Waals surface area contributed by atoms with Crippen molar-refractivity contribution in [1.29, 1.82) is 0 Å². The number of hydrogen-bond acceptors (Lipinski definition) is 4. The molecule has 0 spiro atoms. The molecule has 3 rings (SSSR count). The summed E-state index contributed by atoms with van der Waals surface area (Å²) in [7, 11) is 0. The summed E-state index contributed by atoms with van der Waals surface area (Å²) in [6.07, 6.45) is 5.69. The van der Waals surface area contributed by atoms with E-state index in [0.717, 1.165) is 16.8 Å². The molecule has 0 saturated heterocycles. The van der Waals surface area contributed by atoms with E-state index in [1.165, 1.54) is 11.8 Å². The molecule has 5 nitrogen and oxygen atoms in total. The van der Waals surface area contributed by atoms with Crippen molar-refractivity contribution in [2.45, 2.75) is 5.03 Å². The van der Waals surface area contributed by atoms with Crippen LogP contribution in [0.25, 0.3) is 12.2 Å². The number of carbonyl (C=O) groups is 1. The largest absolute Gasteiger partial charge is 0.325 e. The molecule has 0 atom stereocenters. The van der Waals surface area contributed by atoms with Crippen molar-refractivity contribution >= 4 is 35.5 Å². The van der Waals surface area contributed by atoms with Gasteiger partial charge in [0.1, 0.15) is 5.03 Å². The SMILES string of the molecule is O=C(CSc1cn[nH]n1)Nc1ccc(C=Cc2ccccc2)cc1. The average molecular weight is 336 g/mol. The zero-order valence-corrected chi connectivity index (χ0v) is 13.7. The third-order valence-electron chi connectivity index (χ3n) is 3.21. The van der Waals surface area contributed by atoms with E-state index in [4.69, 9.17) is 0 Å². The molecule has 0 saturated carbocycles. The Morgan fingerprint density at radius 1 is 1.04 bits per heavy atom. The topological polar surface area (TPSA) is 70.7 Å². The maximum atomic E-state index is 11.9. The average Bonchev–Trinajstić information content (AvgIpc) is 3.14. The minimum absolute atomic E-state index is 0.0735. The molecule has 120 valence electrons. The second kappa shape index (κ2) is 8.12. The molecule has 3 aromatic rings. The molecule has 24 heavy (non-hydrogen) atoms. The van der Waals surface area contributed by atoms with Crippen molar-refractivity contribution in [3.63, 3.8) is 0 Å². The molecular formula is C18H16N4OS. The van der Waals surface area contributed by atoms with Crippen LogP contribution in [0.3, 0.4) is 0 Å². The number of nitrogens with one attached hydrogen (secondary N) is 2. The van der Waals surface area contributed by atoms with Crippen LogP contribution >= 0.6 is 11.8 Å². The molecule has 2 aromatic carbocycles. The summed E-state index contributed by atoms with van der Waals surface area (Å²) in [5.41, 5.74) is 3.01. The van der Waals surface area contributed by atoms with Gasteiger partial charge in [-0.15, -0.1) is 5.10 Å². The van der Waals surface area contributed by atoms with Gasteiger partial charge in [-0.2, -0.15) is 10.3 Å². The van der Waals surface area contributed by atoms with Gasteiger partial charge < -0.3 is 5.32 Å². The van der Waals surface area contributed by atoms with Crippen LogP contribution in [0.4, 0.5) is 5.69 Å². The second-order valence-corrected chi connectivity index (χ2v) is 6.01. The van der Waals surface area contributed by atoms with E-state index in [9.17, 15) is 4.79 Å². The molecular weight excluding hydrogens is 320 g/mol. The van der Waals surface area contributed by atoms with Crippen LogP contribution in [0, 0.1) is 0 Å². The Balaban J connectivity index is 1.52. The summed E-state index contributed by atoms with van der Waals surface area (Å²) in [5, 5.41) is 13.7. The highest BCUT2D eigenvalue weighted by Crippen LogP contribution is 2.15. The Kier molecular flexibility index (Phi) is 5.42. The first-order valence-electron chi connectivity index (χ1n) is 7.41. The van der Waals surface area contributed by atoms with Gasteiger partial charge in [0.15, 0.2) is 0 Å². The van der Waals surface area contributed by atoms with E-state index >= 15 is 0 Å². The summed E-state index contributed by atoms with van der Waals surface area (Å²) in [5.74, 6) is 0.220. The van der Waals surface area contributed by atoms with Gasteiger partial charge in [-0.1, -0.05) is 66.4 Å². The standard InChI is InChI=1S/C18H16N4OS/c23-17(13-24-18-12-19-22-21-18)20-16-10-8-15(9-11-16)7-6-14-4-2-1-3-5-14/h1-12H,13H2,(H,20,23)(H,19,21,22). The zero-order valence-electron chi connectivity index (χ0n) is 12.8. The minimum atomic E-state index is -0.0735. The minimum Gasteiger partial charge on any atom is -0.325 e. The smallest absolute Gasteiger partial charge is 0.234 e. The number of H-pyrrole nitrogens is 1. The monoisotopic (exact) mass is 336 g/mol. The first-order chi connectivity index (χ1) is 11.8. The first-order valence-corrected chi connectivity index (χ1v) is 8.40. The molecule has 0 aliphatic carbocycles. The number of rotatable bonds is 6. The normalized spacial score (nSPS) is 10.8. The highest BCUT2D eigenvalue weighted by molar-refractivity contribution is 7.99. The lowest BCUT2D eigenvalue weighted by Gasteiger charge is -2.04. The second-order valence-electron chi connectivity index (χ2n) is 5.01. The van der Waals surface area contributed by atoms with E-state index in [1.54, 1.807) is 6.20 Å². The predicted octanol–water partition coefficient (Wildman–Crippen LogP) is 3.71. The van der Waals surface area contributed by atoms with Gasteiger partial charge in [0.25, 0.3) is 0 Å². The molecule has 0 aliphatic rings. The number of benzene rings is 2. The number of carbonyl (C=O) groups excluding carboxylic acids is 1. The fourth-order valence-corrected chi connectivity index (χ4v) is 2.62. The number of aromatic nitrogens is 3. The van der Waals surface area contributed by atoms with Crippen LogP contribution in [-0.4, -0.2) is 27.1 Å². The predicted molar refractivity (Wildman–Crippen MR) is 97.5 cm³/mol. The lowest BCUT2D eigenvalue weighted by Crippen LogP contribution is -2.13. The van der Waals surface area contributed by atoms with Crippen LogP contribution in [0.15, 0.2) is 65.8 Å². The molecule has 6 heteroatoms. The molecule has 1 amide bonds. The van der Waals surface area contributed by atoms with Gasteiger partial charge in [0.2, 0.25) is 5.91 Å². The van der Waals surface area contributed by atoms with Crippen molar-refractivity contribution in [1.82, 2.24) is 15.4 Å². The maximum absolute atomic E-state index is 11.9. The number of thioether (sulfide) groups is 1. The maximum Gasteiger partial charge on any atom is 0.234 e. The van der Waals surface area contributed by atoms with E-state index in [-0.39, 0.29) is 5.91 Å².